The van der Waals surface area contributed by atoms with Gasteiger partial charge in [-0.05, 0) is 24.6 Å². The maximum atomic E-state index is 10.8. The van der Waals surface area contributed by atoms with Crippen LogP contribution in [0.15, 0.2) is 36.7 Å². The molecule has 0 fully saturated rings. The van der Waals surface area contributed by atoms with Crippen LogP contribution < -0.4 is 0 Å². The molecule has 2 aromatic rings. The molecular weight excluding hydrogens is 244 g/mol. The fourth-order valence-electron chi connectivity index (χ4n) is 1.77. The average Bonchev–Trinajstić information content (AvgIpc) is 2.89. The van der Waals surface area contributed by atoms with Crippen LogP contribution in [-0.4, -0.2) is 27.1 Å². The van der Waals surface area contributed by atoms with E-state index in [1.165, 1.54) is 0 Å². The van der Waals surface area contributed by atoms with E-state index in [2.05, 4.69) is 9.97 Å². The first kappa shape index (κ1) is 13.3. The van der Waals surface area contributed by atoms with Crippen LogP contribution in [0.4, 0.5) is 0 Å². The normalized spacial score (nSPS) is 12.3. The number of nitrogens with zero attached hydrogens (tertiary/aromatic N) is 1. The van der Waals surface area contributed by atoms with Crippen molar-refractivity contribution < 1.29 is 14.6 Å². The quantitative estimate of drug-likeness (QED) is 0.835. The first-order chi connectivity index (χ1) is 9.15. The third kappa shape index (κ3) is 3.93. The summed E-state index contributed by atoms with van der Waals surface area (Å²) >= 11 is 0. The summed E-state index contributed by atoms with van der Waals surface area (Å²) in [5.74, 6) is -0.0442. The van der Waals surface area contributed by atoms with Crippen molar-refractivity contribution in [3.8, 4) is 0 Å². The second-order valence-corrected chi connectivity index (χ2v) is 4.37. The number of rotatable bonds is 6. The Morgan fingerprint density at radius 2 is 2.37 bits per heavy atom. The highest BCUT2D eigenvalue weighted by Crippen LogP contribution is 2.09. The Morgan fingerprint density at radius 1 is 1.53 bits per heavy atom. The molecule has 19 heavy (non-hydrogen) atoms. The number of benzene rings is 1. The third-order valence-corrected chi connectivity index (χ3v) is 2.74. The van der Waals surface area contributed by atoms with E-state index in [-0.39, 0.29) is 11.7 Å². The lowest BCUT2D eigenvalue weighted by molar-refractivity contribution is 0.0523. The van der Waals surface area contributed by atoms with Gasteiger partial charge in [0.05, 0.1) is 18.3 Å². The Morgan fingerprint density at radius 3 is 3.05 bits per heavy atom. The van der Waals surface area contributed by atoms with Crippen molar-refractivity contribution in [3.63, 3.8) is 0 Å². The topological polar surface area (TPSA) is 75.2 Å². The maximum Gasteiger partial charge on any atom is 0.335 e. The van der Waals surface area contributed by atoms with Crippen LogP contribution in [0.1, 0.15) is 28.7 Å². The molecule has 0 spiro atoms. The molecule has 1 aromatic heterocycles. The number of aromatic amines is 1. The zero-order valence-corrected chi connectivity index (χ0v) is 10.7. The van der Waals surface area contributed by atoms with Crippen LogP contribution in [0.25, 0.3) is 0 Å². The highest BCUT2D eigenvalue weighted by Gasteiger charge is 2.07. The number of nitrogens with one attached hydrogen (secondary N) is 1. The zero-order chi connectivity index (χ0) is 13.7. The van der Waals surface area contributed by atoms with Gasteiger partial charge in [0.2, 0.25) is 0 Å². The second-order valence-electron chi connectivity index (χ2n) is 4.37. The summed E-state index contributed by atoms with van der Waals surface area (Å²) in [5, 5.41) is 8.90. The molecule has 0 saturated carbocycles. The highest BCUT2D eigenvalue weighted by atomic mass is 16.5. The van der Waals surface area contributed by atoms with Crippen LogP contribution >= 0.6 is 0 Å². The number of hydrogen-bond acceptors (Lipinski definition) is 3. The minimum atomic E-state index is -0.925. The molecule has 0 aliphatic rings. The van der Waals surface area contributed by atoms with E-state index in [9.17, 15) is 4.79 Å². The molecule has 2 N–H and O–H groups in total. The van der Waals surface area contributed by atoms with Gasteiger partial charge in [-0.3, -0.25) is 0 Å². The van der Waals surface area contributed by atoms with Crippen LogP contribution in [-0.2, 0) is 17.8 Å². The maximum absolute atomic E-state index is 10.8. The Labute approximate surface area is 111 Å². The molecule has 0 aliphatic carbocycles. The Bertz CT molecular complexity index is 537. The van der Waals surface area contributed by atoms with Gasteiger partial charge in [-0.25, -0.2) is 9.78 Å². The molecule has 5 heteroatoms. The van der Waals surface area contributed by atoms with Crippen LogP contribution in [0.2, 0.25) is 0 Å². The number of imidazole rings is 1. The van der Waals surface area contributed by atoms with Crippen molar-refractivity contribution in [1.82, 2.24) is 9.97 Å². The van der Waals surface area contributed by atoms with Gasteiger partial charge in [0.1, 0.15) is 5.82 Å². The van der Waals surface area contributed by atoms with Crippen LogP contribution in [0.3, 0.4) is 0 Å². The largest absolute Gasteiger partial charge is 0.478 e. The van der Waals surface area contributed by atoms with Gasteiger partial charge >= 0.3 is 5.97 Å². The van der Waals surface area contributed by atoms with Gasteiger partial charge < -0.3 is 14.8 Å². The van der Waals surface area contributed by atoms with Crippen molar-refractivity contribution >= 4 is 5.97 Å². The third-order valence-electron chi connectivity index (χ3n) is 2.74. The SMILES string of the molecule is CC(Cc1ncc[nH]1)OCc1cccc(C(=O)O)c1. The van der Waals surface area contributed by atoms with Crippen molar-refractivity contribution in [1.29, 1.82) is 0 Å². The lowest BCUT2D eigenvalue weighted by Gasteiger charge is -2.12. The summed E-state index contributed by atoms with van der Waals surface area (Å²) in [6, 6.07) is 6.77. The molecule has 0 saturated heterocycles. The van der Waals surface area contributed by atoms with E-state index in [1.54, 1.807) is 30.6 Å². The lowest BCUT2D eigenvalue weighted by Crippen LogP contribution is -2.12. The van der Waals surface area contributed by atoms with Gasteiger partial charge in [-0.2, -0.15) is 0 Å². The number of H-pyrrole nitrogens is 1. The van der Waals surface area contributed by atoms with Crippen molar-refractivity contribution in [2.75, 3.05) is 0 Å². The van der Waals surface area contributed by atoms with Gasteiger partial charge in [0.25, 0.3) is 0 Å². The Hall–Kier alpha value is -2.14. The van der Waals surface area contributed by atoms with Crippen LogP contribution in [0.5, 0.6) is 0 Å². The summed E-state index contributed by atoms with van der Waals surface area (Å²) in [5.41, 5.74) is 1.13. The molecule has 5 nitrogen and oxygen atoms in total. The second kappa shape index (κ2) is 6.15. The van der Waals surface area contributed by atoms with E-state index in [4.69, 9.17) is 9.84 Å². The minimum Gasteiger partial charge on any atom is -0.478 e. The standard InChI is InChI=1S/C14H16N2O3/c1-10(7-13-15-5-6-16-13)19-9-11-3-2-4-12(8-11)14(17)18/h2-6,8,10H,7,9H2,1H3,(H,15,16)(H,17,18). The molecule has 1 heterocycles. The van der Waals surface area contributed by atoms with E-state index in [0.717, 1.165) is 11.4 Å². The number of carboxylic acid groups (broad SMARTS) is 1. The predicted octanol–water partition coefficient (Wildman–Crippen LogP) is 2.26. The van der Waals surface area contributed by atoms with Gasteiger partial charge in [-0.1, -0.05) is 12.1 Å². The zero-order valence-electron chi connectivity index (χ0n) is 10.7. The molecule has 100 valence electrons. The van der Waals surface area contributed by atoms with Crippen LogP contribution in [0, 0.1) is 0 Å². The summed E-state index contributed by atoms with van der Waals surface area (Å²) < 4.78 is 5.68. The molecule has 1 unspecified atom stereocenters. The number of ether oxygens (including phenoxy) is 1. The molecule has 0 radical (unpaired) electrons. The minimum absolute atomic E-state index is 0.0136. The molecule has 1 atom stereocenters. The number of hydrogen-bond donors (Lipinski definition) is 2. The number of aromatic carboxylic acids is 1. The molecule has 1 aromatic carbocycles. The molecule has 2 rings (SSSR count). The van der Waals surface area contributed by atoms with Gasteiger partial charge in [0, 0.05) is 18.8 Å². The number of carboxylic acids is 1. The summed E-state index contributed by atoms with van der Waals surface area (Å²) in [7, 11) is 0. The molecule has 0 amide bonds. The molecule has 0 bridgehead atoms. The average molecular weight is 260 g/mol. The summed E-state index contributed by atoms with van der Waals surface area (Å²) in [4.78, 5) is 18.0. The van der Waals surface area contributed by atoms with Crippen molar-refractivity contribution in [2.24, 2.45) is 0 Å². The van der Waals surface area contributed by atoms with E-state index >= 15 is 0 Å². The fourth-order valence-corrected chi connectivity index (χ4v) is 1.77. The van der Waals surface area contributed by atoms with E-state index in [1.807, 2.05) is 13.0 Å². The number of carbonyl (C=O) groups is 1. The molecular formula is C14H16N2O3. The lowest BCUT2D eigenvalue weighted by atomic mass is 10.1. The summed E-state index contributed by atoms with van der Waals surface area (Å²) in [6.45, 7) is 2.35. The Balaban J connectivity index is 1.88. The molecule has 0 aliphatic heterocycles. The number of aromatic nitrogens is 2. The summed E-state index contributed by atoms with van der Waals surface area (Å²) in [6.07, 6.45) is 4.20. The van der Waals surface area contributed by atoms with Gasteiger partial charge in [0.15, 0.2) is 0 Å². The van der Waals surface area contributed by atoms with Crippen molar-refractivity contribution in [3.05, 3.63) is 53.6 Å². The fraction of sp³-hybridized carbons (Fsp3) is 0.286. The van der Waals surface area contributed by atoms with Gasteiger partial charge in [-0.15, -0.1) is 0 Å². The van der Waals surface area contributed by atoms with Crippen molar-refractivity contribution in [2.45, 2.75) is 26.1 Å². The monoisotopic (exact) mass is 260 g/mol. The predicted molar refractivity (Wildman–Crippen MR) is 69.9 cm³/mol. The highest BCUT2D eigenvalue weighted by molar-refractivity contribution is 5.87. The first-order valence-electron chi connectivity index (χ1n) is 6.07. The smallest absolute Gasteiger partial charge is 0.335 e. The van der Waals surface area contributed by atoms with E-state index < -0.39 is 5.97 Å². The first-order valence-corrected chi connectivity index (χ1v) is 6.07. The van der Waals surface area contributed by atoms with E-state index in [0.29, 0.717) is 13.0 Å². The Kier molecular flexibility index (Phi) is 4.30.